The van der Waals surface area contributed by atoms with Gasteiger partial charge in [0.05, 0.1) is 6.54 Å². The number of hydrogen-bond donors (Lipinski definition) is 2. The lowest BCUT2D eigenvalue weighted by Gasteiger charge is -2.07. The van der Waals surface area contributed by atoms with Gasteiger partial charge in [-0.05, 0) is 17.7 Å². The SMILES string of the molecule is CC(C)C(=O)NCc1ccc(C#CCN)cc1. The Balaban J connectivity index is 2.54. The van der Waals surface area contributed by atoms with Crippen molar-refractivity contribution >= 4 is 5.91 Å². The van der Waals surface area contributed by atoms with Crippen molar-refractivity contribution in [3.05, 3.63) is 35.4 Å². The van der Waals surface area contributed by atoms with E-state index in [1.165, 1.54) is 0 Å². The first-order valence-corrected chi connectivity index (χ1v) is 5.69. The third-order valence-electron chi connectivity index (χ3n) is 2.28. The van der Waals surface area contributed by atoms with Crippen LogP contribution in [0.2, 0.25) is 0 Å². The molecule has 0 bridgehead atoms. The predicted octanol–water partition coefficient (Wildman–Crippen LogP) is 1.27. The molecule has 0 aliphatic carbocycles. The number of benzene rings is 1. The van der Waals surface area contributed by atoms with E-state index in [9.17, 15) is 4.79 Å². The van der Waals surface area contributed by atoms with Gasteiger partial charge in [-0.15, -0.1) is 0 Å². The van der Waals surface area contributed by atoms with E-state index in [-0.39, 0.29) is 11.8 Å². The molecule has 1 rings (SSSR count). The highest BCUT2D eigenvalue weighted by Crippen LogP contribution is 2.03. The molecular formula is C14H18N2O. The van der Waals surface area contributed by atoms with Crippen molar-refractivity contribution in [2.75, 3.05) is 6.54 Å². The minimum Gasteiger partial charge on any atom is -0.352 e. The van der Waals surface area contributed by atoms with E-state index in [0.717, 1.165) is 11.1 Å². The van der Waals surface area contributed by atoms with Crippen LogP contribution in [0.15, 0.2) is 24.3 Å². The maximum atomic E-state index is 11.4. The molecule has 1 aromatic rings. The van der Waals surface area contributed by atoms with Crippen molar-refractivity contribution in [1.29, 1.82) is 0 Å². The summed E-state index contributed by atoms with van der Waals surface area (Å²) in [5, 5.41) is 2.87. The Morgan fingerprint density at radius 2 is 2.00 bits per heavy atom. The molecule has 90 valence electrons. The Kier molecular flexibility index (Phi) is 5.25. The van der Waals surface area contributed by atoms with Crippen LogP contribution in [-0.2, 0) is 11.3 Å². The summed E-state index contributed by atoms with van der Waals surface area (Å²) in [6.07, 6.45) is 0. The zero-order valence-electron chi connectivity index (χ0n) is 10.3. The van der Waals surface area contributed by atoms with Gasteiger partial charge in [-0.25, -0.2) is 0 Å². The van der Waals surface area contributed by atoms with Crippen LogP contribution in [0.1, 0.15) is 25.0 Å². The second-order valence-electron chi connectivity index (χ2n) is 4.08. The van der Waals surface area contributed by atoms with Gasteiger partial charge in [0.1, 0.15) is 0 Å². The summed E-state index contributed by atoms with van der Waals surface area (Å²) in [5.74, 6) is 5.83. The van der Waals surface area contributed by atoms with E-state index < -0.39 is 0 Å². The van der Waals surface area contributed by atoms with Crippen molar-refractivity contribution in [3.8, 4) is 11.8 Å². The van der Waals surface area contributed by atoms with E-state index in [1.807, 2.05) is 38.1 Å². The van der Waals surface area contributed by atoms with E-state index in [2.05, 4.69) is 17.2 Å². The molecule has 1 aromatic carbocycles. The smallest absolute Gasteiger partial charge is 0.222 e. The van der Waals surface area contributed by atoms with Gasteiger partial charge in [0, 0.05) is 18.0 Å². The molecular weight excluding hydrogens is 212 g/mol. The summed E-state index contributed by atoms with van der Waals surface area (Å²) in [7, 11) is 0. The molecule has 3 heteroatoms. The van der Waals surface area contributed by atoms with Crippen LogP contribution in [-0.4, -0.2) is 12.5 Å². The molecule has 0 spiro atoms. The summed E-state index contributed by atoms with van der Waals surface area (Å²) >= 11 is 0. The molecule has 3 N–H and O–H groups in total. The van der Waals surface area contributed by atoms with Gasteiger partial charge in [-0.2, -0.15) is 0 Å². The van der Waals surface area contributed by atoms with E-state index in [1.54, 1.807) is 0 Å². The van der Waals surface area contributed by atoms with Crippen LogP contribution in [0, 0.1) is 17.8 Å². The van der Waals surface area contributed by atoms with Gasteiger partial charge in [-0.3, -0.25) is 4.79 Å². The largest absolute Gasteiger partial charge is 0.352 e. The maximum Gasteiger partial charge on any atom is 0.222 e. The third kappa shape index (κ3) is 4.71. The zero-order valence-corrected chi connectivity index (χ0v) is 10.3. The number of carbonyl (C=O) groups excluding carboxylic acids is 1. The fraction of sp³-hybridized carbons (Fsp3) is 0.357. The van der Waals surface area contributed by atoms with Crippen molar-refractivity contribution < 1.29 is 4.79 Å². The lowest BCUT2D eigenvalue weighted by Crippen LogP contribution is -2.27. The molecule has 0 aliphatic heterocycles. The van der Waals surface area contributed by atoms with Gasteiger partial charge >= 0.3 is 0 Å². The number of amides is 1. The molecule has 0 aromatic heterocycles. The Morgan fingerprint density at radius 3 is 2.53 bits per heavy atom. The summed E-state index contributed by atoms with van der Waals surface area (Å²) in [6.45, 7) is 4.68. The highest BCUT2D eigenvalue weighted by Gasteiger charge is 2.05. The van der Waals surface area contributed by atoms with Crippen LogP contribution in [0.4, 0.5) is 0 Å². The number of carbonyl (C=O) groups is 1. The van der Waals surface area contributed by atoms with Gasteiger partial charge in [0.15, 0.2) is 0 Å². The molecule has 0 fully saturated rings. The van der Waals surface area contributed by atoms with E-state index in [4.69, 9.17) is 5.73 Å². The zero-order chi connectivity index (χ0) is 12.7. The van der Waals surface area contributed by atoms with Crippen molar-refractivity contribution in [3.63, 3.8) is 0 Å². The minimum absolute atomic E-state index is 0.0182. The second kappa shape index (κ2) is 6.72. The monoisotopic (exact) mass is 230 g/mol. The number of hydrogen-bond acceptors (Lipinski definition) is 2. The fourth-order valence-corrected chi connectivity index (χ4v) is 1.25. The molecule has 0 heterocycles. The van der Waals surface area contributed by atoms with Gasteiger partial charge in [0.2, 0.25) is 5.91 Å². The Hall–Kier alpha value is -1.79. The van der Waals surface area contributed by atoms with Crippen molar-refractivity contribution in [2.45, 2.75) is 20.4 Å². The van der Waals surface area contributed by atoms with Gasteiger partial charge in [0.25, 0.3) is 0 Å². The fourth-order valence-electron chi connectivity index (χ4n) is 1.25. The predicted molar refractivity (Wildman–Crippen MR) is 69.1 cm³/mol. The average Bonchev–Trinajstić information content (AvgIpc) is 2.34. The van der Waals surface area contributed by atoms with Crippen LogP contribution >= 0.6 is 0 Å². The lowest BCUT2D eigenvalue weighted by atomic mass is 10.1. The Morgan fingerprint density at radius 1 is 1.35 bits per heavy atom. The molecule has 0 saturated heterocycles. The van der Waals surface area contributed by atoms with Crippen LogP contribution in [0.25, 0.3) is 0 Å². The van der Waals surface area contributed by atoms with Crippen LogP contribution < -0.4 is 11.1 Å². The standard InChI is InChI=1S/C14H18N2O/c1-11(2)14(17)16-10-13-7-5-12(6-8-13)4-3-9-15/h5-8,11H,9-10,15H2,1-2H3,(H,16,17). The number of nitrogens with one attached hydrogen (secondary N) is 1. The Bertz CT molecular complexity index is 424. The first-order valence-electron chi connectivity index (χ1n) is 5.69. The highest BCUT2D eigenvalue weighted by atomic mass is 16.1. The highest BCUT2D eigenvalue weighted by molar-refractivity contribution is 5.77. The number of rotatable bonds is 3. The quantitative estimate of drug-likeness (QED) is 0.768. The molecule has 0 saturated carbocycles. The van der Waals surface area contributed by atoms with E-state index >= 15 is 0 Å². The molecule has 0 atom stereocenters. The molecule has 17 heavy (non-hydrogen) atoms. The average molecular weight is 230 g/mol. The first kappa shape index (κ1) is 13.3. The van der Waals surface area contributed by atoms with E-state index in [0.29, 0.717) is 13.1 Å². The number of nitrogens with two attached hydrogens (primary N) is 1. The van der Waals surface area contributed by atoms with Crippen LogP contribution in [0.5, 0.6) is 0 Å². The van der Waals surface area contributed by atoms with Crippen molar-refractivity contribution in [1.82, 2.24) is 5.32 Å². The normalized spacial score (nSPS) is 9.65. The summed E-state index contributed by atoms with van der Waals surface area (Å²) in [4.78, 5) is 11.4. The summed E-state index contributed by atoms with van der Waals surface area (Å²) in [5.41, 5.74) is 7.30. The molecule has 0 unspecified atom stereocenters. The molecule has 1 amide bonds. The van der Waals surface area contributed by atoms with Crippen molar-refractivity contribution in [2.24, 2.45) is 11.7 Å². The third-order valence-corrected chi connectivity index (χ3v) is 2.28. The molecule has 0 aliphatic rings. The lowest BCUT2D eigenvalue weighted by molar-refractivity contribution is -0.124. The molecule has 0 radical (unpaired) electrons. The summed E-state index contributed by atoms with van der Waals surface area (Å²) < 4.78 is 0. The molecule has 3 nitrogen and oxygen atoms in total. The van der Waals surface area contributed by atoms with Gasteiger partial charge in [-0.1, -0.05) is 37.8 Å². The second-order valence-corrected chi connectivity index (χ2v) is 4.08. The Labute approximate surface area is 102 Å². The topological polar surface area (TPSA) is 55.1 Å². The first-order chi connectivity index (χ1) is 8.13. The minimum atomic E-state index is 0.0182. The summed E-state index contributed by atoms with van der Waals surface area (Å²) in [6, 6.07) is 7.78. The van der Waals surface area contributed by atoms with Crippen LogP contribution in [0.3, 0.4) is 0 Å². The maximum absolute atomic E-state index is 11.4. The van der Waals surface area contributed by atoms with Gasteiger partial charge < -0.3 is 11.1 Å².